The Morgan fingerprint density at radius 2 is 2.42 bits per heavy atom. The zero-order valence-electron chi connectivity index (χ0n) is 11.2. The monoisotopic (exact) mass is 264 g/mol. The van der Waals surface area contributed by atoms with Gasteiger partial charge in [0.2, 0.25) is 0 Å². The van der Waals surface area contributed by atoms with E-state index >= 15 is 0 Å². The average molecular weight is 264 g/mol. The molecule has 1 saturated carbocycles. The minimum absolute atomic E-state index is 0.0906. The summed E-state index contributed by atoms with van der Waals surface area (Å²) in [5.74, 6) is -0.0906. The molecule has 2 fully saturated rings. The van der Waals surface area contributed by atoms with E-state index in [0.29, 0.717) is 12.2 Å². The Kier molecular flexibility index (Phi) is 3.52. The lowest BCUT2D eigenvalue weighted by Gasteiger charge is -2.33. The maximum absolute atomic E-state index is 12.0. The molecule has 0 radical (unpaired) electrons. The first kappa shape index (κ1) is 12.6. The number of morpholine rings is 1. The predicted molar refractivity (Wildman–Crippen MR) is 69.9 cm³/mol. The number of hydrogen-bond donors (Lipinski definition) is 1. The highest BCUT2D eigenvalue weighted by molar-refractivity contribution is 5.92. The number of aryl methyl sites for hydroxylation is 1. The number of amides is 1. The van der Waals surface area contributed by atoms with Crippen molar-refractivity contribution in [2.45, 2.75) is 25.0 Å². The van der Waals surface area contributed by atoms with Gasteiger partial charge in [-0.1, -0.05) is 0 Å². The molecule has 6 nitrogen and oxygen atoms in total. The molecule has 104 valence electrons. The van der Waals surface area contributed by atoms with Crippen LogP contribution in [0.25, 0.3) is 0 Å². The number of nitrogens with one attached hydrogen (secondary N) is 1. The van der Waals surface area contributed by atoms with Crippen molar-refractivity contribution in [2.24, 2.45) is 7.05 Å². The Morgan fingerprint density at radius 1 is 1.58 bits per heavy atom. The first-order chi connectivity index (χ1) is 9.24. The summed E-state index contributed by atoms with van der Waals surface area (Å²) in [5, 5.41) is 6.92. The summed E-state index contributed by atoms with van der Waals surface area (Å²) in [6.07, 6.45) is 4.36. The lowest BCUT2D eigenvalue weighted by Crippen LogP contribution is -2.48. The van der Waals surface area contributed by atoms with E-state index in [0.717, 1.165) is 25.7 Å². The lowest BCUT2D eigenvalue weighted by atomic mass is 10.2. The van der Waals surface area contributed by atoms with Crippen molar-refractivity contribution in [1.82, 2.24) is 20.0 Å². The highest BCUT2D eigenvalue weighted by atomic mass is 16.5. The van der Waals surface area contributed by atoms with Gasteiger partial charge in [-0.2, -0.15) is 5.10 Å². The van der Waals surface area contributed by atoms with Gasteiger partial charge in [-0.3, -0.25) is 14.4 Å². The van der Waals surface area contributed by atoms with Crippen LogP contribution < -0.4 is 5.32 Å². The zero-order chi connectivity index (χ0) is 13.2. The number of nitrogens with zero attached hydrogens (tertiary/aromatic N) is 3. The van der Waals surface area contributed by atoms with E-state index in [4.69, 9.17) is 4.74 Å². The molecule has 0 aromatic carbocycles. The third-order valence-corrected chi connectivity index (χ3v) is 3.78. The van der Waals surface area contributed by atoms with Crippen LogP contribution in [0, 0.1) is 0 Å². The van der Waals surface area contributed by atoms with Crippen molar-refractivity contribution in [3.63, 3.8) is 0 Å². The molecule has 2 heterocycles. The van der Waals surface area contributed by atoms with E-state index in [1.165, 1.54) is 12.8 Å². The Morgan fingerprint density at radius 3 is 3.11 bits per heavy atom. The summed E-state index contributed by atoms with van der Waals surface area (Å²) < 4.78 is 7.28. The maximum atomic E-state index is 12.0. The molecule has 1 amide bonds. The van der Waals surface area contributed by atoms with Crippen LogP contribution in [0.3, 0.4) is 0 Å². The molecular formula is C13H20N4O2. The highest BCUT2D eigenvalue weighted by Crippen LogP contribution is 2.28. The van der Waals surface area contributed by atoms with Crippen LogP contribution in [0.1, 0.15) is 23.3 Å². The Hall–Kier alpha value is -1.40. The van der Waals surface area contributed by atoms with Gasteiger partial charge in [0.25, 0.3) is 5.91 Å². The van der Waals surface area contributed by atoms with Crippen LogP contribution in [0.2, 0.25) is 0 Å². The third-order valence-electron chi connectivity index (χ3n) is 3.78. The van der Waals surface area contributed by atoms with Crippen molar-refractivity contribution < 1.29 is 9.53 Å². The second-order valence-electron chi connectivity index (χ2n) is 5.27. The van der Waals surface area contributed by atoms with Gasteiger partial charge >= 0.3 is 0 Å². The van der Waals surface area contributed by atoms with Gasteiger partial charge in [-0.15, -0.1) is 0 Å². The fourth-order valence-electron chi connectivity index (χ4n) is 2.53. The van der Waals surface area contributed by atoms with Crippen LogP contribution in [0.4, 0.5) is 0 Å². The van der Waals surface area contributed by atoms with E-state index in [1.54, 1.807) is 24.0 Å². The van der Waals surface area contributed by atoms with Gasteiger partial charge in [0, 0.05) is 38.9 Å². The topological polar surface area (TPSA) is 59.4 Å². The number of aromatic nitrogens is 2. The molecule has 1 saturated heterocycles. The molecule has 3 rings (SSSR count). The molecular weight excluding hydrogens is 244 g/mol. The quantitative estimate of drug-likeness (QED) is 0.832. The number of hydrogen-bond acceptors (Lipinski definition) is 4. The van der Waals surface area contributed by atoms with Crippen LogP contribution >= 0.6 is 0 Å². The molecule has 2 aliphatic rings. The second kappa shape index (κ2) is 5.30. The van der Waals surface area contributed by atoms with Gasteiger partial charge in [0.05, 0.1) is 12.7 Å². The van der Waals surface area contributed by atoms with Crippen LogP contribution in [0.5, 0.6) is 0 Å². The fourth-order valence-corrected chi connectivity index (χ4v) is 2.53. The number of carbonyl (C=O) groups is 1. The van der Waals surface area contributed by atoms with Gasteiger partial charge in [0.1, 0.15) is 5.69 Å². The zero-order valence-corrected chi connectivity index (χ0v) is 11.2. The molecule has 1 aliphatic carbocycles. The molecule has 6 heteroatoms. The SMILES string of the molecule is Cn1nccc1C(=O)NCC1CN(C2CC2)CCO1. The summed E-state index contributed by atoms with van der Waals surface area (Å²) in [5.41, 5.74) is 0.579. The van der Waals surface area contributed by atoms with Crippen molar-refractivity contribution in [3.8, 4) is 0 Å². The molecule has 1 atom stereocenters. The molecule has 1 aromatic heterocycles. The molecule has 1 aliphatic heterocycles. The average Bonchev–Trinajstić information content (AvgIpc) is 3.19. The summed E-state index contributed by atoms with van der Waals surface area (Å²) in [4.78, 5) is 14.4. The third kappa shape index (κ3) is 2.96. The maximum Gasteiger partial charge on any atom is 0.269 e. The van der Waals surface area contributed by atoms with Crippen molar-refractivity contribution in [3.05, 3.63) is 18.0 Å². The van der Waals surface area contributed by atoms with Gasteiger partial charge in [0.15, 0.2) is 0 Å². The van der Waals surface area contributed by atoms with E-state index in [9.17, 15) is 4.79 Å². The number of rotatable bonds is 4. The first-order valence-electron chi connectivity index (χ1n) is 6.86. The lowest BCUT2D eigenvalue weighted by molar-refractivity contribution is -0.0293. The van der Waals surface area contributed by atoms with Gasteiger partial charge in [-0.25, -0.2) is 0 Å². The van der Waals surface area contributed by atoms with E-state index in [-0.39, 0.29) is 12.0 Å². The van der Waals surface area contributed by atoms with Crippen molar-refractivity contribution in [2.75, 3.05) is 26.2 Å². The smallest absolute Gasteiger partial charge is 0.269 e. The highest BCUT2D eigenvalue weighted by Gasteiger charge is 2.33. The van der Waals surface area contributed by atoms with Crippen LogP contribution in [-0.4, -0.2) is 59.0 Å². The molecule has 19 heavy (non-hydrogen) atoms. The van der Waals surface area contributed by atoms with Crippen LogP contribution in [-0.2, 0) is 11.8 Å². The molecule has 1 unspecified atom stereocenters. The summed E-state index contributed by atoms with van der Waals surface area (Å²) in [7, 11) is 1.76. The molecule has 0 bridgehead atoms. The van der Waals surface area contributed by atoms with E-state index in [2.05, 4.69) is 15.3 Å². The normalized spacial score (nSPS) is 24.4. The Bertz CT molecular complexity index is 455. The molecule has 0 spiro atoms. The predicted octanol–water partition coefficient (Wildman–Crippen LogP) is 0.0131. The minimum Gasteiger partial charge on any atom is -0.374 e. The first-order valence-corrected chi connectivity index (χ1v) is 6.86. The van der Waals surface area contributed by atoms with E-state index in [1.807, 2.05) is 0 Å². The summed E-state index contributed by atoms with van der Waals surface area (Å²) in [6, 6.07) is 2.48. The van der Waals surface area contributed by atoms with Gasteiger partial charge < -0.3 is 10.1 Å². The van der Waals surface area contributed by atoms with Crippen molar-refractivity contribution >= 4 is 5.91 Å². The van der Waals surface area contributed by atoms with E-state index < -0.39 is 0 Å². The summed E-state index contributed by atoms with van der Waals surface area (Å²) in [6.45, 7) is 3.28. The minimum atomic E-state index is -0.0906. The number of carbonyl (C=O) groups excluding carboxylic acids is 1. The van der Waals surface area contributed by atoms with Crippen molar-refractivity contribution in [1.29, 1.82) is 0 Å². The molecule has 1 N–H and O–H groups in total. The fraction of sp³-hybridized carbons (Fsp3) is 0.692. The second-order valence-corrected chi connectivity index (χ2v) is 5.27. The molecule has 1 aromatic rings. The Balaban J connectivity index is 1.49. The summed E-state index contributed by atoms with van der Waals surface area (Å²) >= 11 is 0. The largest absolute Gasteiger partial charge is 0.374 e. The number of ether oxygens (including phenoxy) is 1. The standard InChI is InChI=1S/C13H20N4O2/c1-16-12(4-5-15-16)13(18)14-8-11-9-17(6-7-19-11)10-2-3-10/h4-5,10-11H,2-3,6-9H2,1H3,(H,14,18). The van der Waals surface area contributed by atoms with Crippen LogP contribution in [0.15, 0.2) is 12.3 Å². The Labute approximate surface area is 112 Å². The van der Waals surface area contributed by atoms with Gasteiger partial charge in [-0.05, 0) is 18.9 Å².